The SMILES string of the molecule is CC(C)n1nc(C(=O)NNC(=O)c2cc(C3CC3)nn2C(C)(C)C)c2ccccc2c1=O. The first kappa shape index (κ1) is 21.7. The van der Waals surface area contributed by atoms with Crippen molar-refractivity contribution in [3.63, 3.8) is 0 Å². The van der Waals surface area contributed by atoms with Crippen molar-refractivity contribution in [1.29, 1.82) is 0 Å². The lowest BCUT2D eigenvalue weighted by molar-refractivity contribution is 0.0833. The second-order valence-corrected chi connectivity index (χ2v) is 9.46. The molecular formula is C23H28N6O3. The molecule has 2 heterocycles. The van der Waals surface area contributed by atoms with E-state index in [1.165, 1.54) is 4.68 Å². The molecule has 9 nitrogen and oxygen atoms in total. The first-order chi connectivity index (χ1) is 15.1. The Morgan fingerprint density at radius 1 is 1.03 bits per heavy atom. The van der Waals surface area contributed by atoms with Gasteiger partial charge in [0.2, 0.25) is 0 Å². The number of nitrogens with one attached hydrogen (secondary N) is 2. The average molecular weight is 437 g/mol. The van der Waals surface area contributed by atoms with Crippen molar-refractivity contribution in [2.45, 2.75) is 65.0 Å². The molecule has 3 aromatic rings. The molecule has 9 heteroatoms. The maximum atomic E-state index is 13.0. The molecule has 2 amide bonds. The number of hydrogen-bond acceptors (Lipinski definition) is 5. The van der Waals surface area contributed by atoms with Gasteiger partial charge in [0.1, 0.15) is 5.69 Å². The predicted molar refractivity (Wildman–Crippen MR) is 121 cm³/mol. The number of nitrogens with zero attached hydrogens (tertiary/aromatic N) is 4. The van der Waals surface area contributed by atoms with E-state index in [1.54, 1.807) is 35.0 Å². The Morgan fingerprint density at radius 2 is 1.66 bits per heavy atom. The van der Waals surface area contributed by atoms with Gasteiger partial charge in [-0.25, -0.2) is 4.68 Å². The van der Waals surface area contributed by atoms with E-state index in [0.29, 0.717) is 22.4 Å². The van der Waals surface area contributed by atoms with Crippen molar-refractivity contribution in [3.05, 3.63) is 57.8 Å². The summed E-state index contributed by atoms with van der Waals surface area (Å²) in [5.41, 5.74) is 5.62. The van der Waals surface area contributed by atoms with E-state index in [1.807, 2.05) is 34.6 Å². The van der Waals surface area contributed by atoms with Crippen molar-refractivity contribution in [1.82, 2.24) is 30.4 Å². The molecule has 32 heavy (non-hydrogen) atoms. The highest BCUT2D eigenvalue weighted by molar-refractivity contribution is 6.05. The molecule has 0 bridgehead atoms. The van der Waals surface area contributed by atoms with E-state index in [0.717, 1.165) is 18.5 Å². The molecule has 168 valence electrons. The topological polar surface area (TPSA) is 111 Å². The lowest BCUT2D eigenvalue weighted by Crippen LogP contribution is -2.44. The number of aromatic nitrogens is 4. The molecule has 0 aliphatic heterocycles. The van der Waals surface area contributed by atoms with E-state index in [9.17, 15) is 14.4 Å². The van der Waals surface area contributed by atoms with Crippen LogP contribution in [0.25, 0.3) is 10.8 Å². The summed E-state index contributed by atoms with van der Waals surface area (Å²) < 4.78 is 2.96. The lowest BCUT2D eigenvalue weighted by atomic mass is 10.1. The highest BCUT2D eigenvalue weighted by atomic mass is 16.2. The van der Waals surface area contributed by atoms with Crippen LogP contribution in [0.1, 0.15) is 86.1 Å². The van der Waals surface area contributed by atoms with Gasteiger partial charge < -0.3 is 0 Å². The number of carbonyl (C=O) groups is 2. The smallest absolute Gasteiger partial charge is 0.267 e. The third-order valence-electron chi connectivity index (χ3n) is 5.41. The number of fused-ring (bicyclic) bond motifs is 1. The summed E-state index contributed by atoms with van der Waals surface area (Å²) in [6.07, 6.45) is 2.15. The molecule has 0 unspecified atom stereocenters. The Balaban J connectivity index is 1.61. The van der Waals surface area contributed by atoms with Crippen LogP contribution in [0.15, 0.2) is 35.1 Å². The van der Waals surface area contributed by atoms with Crippen molar-refractivity contribution in [2.75, 3.05) is 0 Å². The third kappa shape index (κ3) is 4.02. The first-order valence-corrected chi connectivity index (χ1v) is 10.8. The molecule has 1 fully saturated rings. The van der Waals surface area contributed by atoms with E-state index in [4.69, 9.17) is 0 Å². The molecule has 1 aliphatic carbocycles. The molecule has 0 atom stereocenters. The molecule has 1 aliphatic rings. The standard InChI is InChI=1S/C23H28N6O3/c1-13(2)28-22(32)16-9-7-6-8-15(16)19(27-28)21(31)25-24-20(30)18-12-17(14-10-11-14)26-29(18)23(3,4)5/h6-9,12-14H,10-11H2,1-5H3,(H,24,30)(H,25,31). The van der Waals surface area contributed by atoms with Gasteiger partial charge in [-0.15, -0.1) is 0 Å². The molecule has 0 saturated heterocycles. The first-order valence-electron chi connectivity index (χ1n) is 10.8. The number of benzene rings is 1. The van der Waals surface area contributed by atoms with Gasteiger partial charge in [-0.3, -0.25) is 29.9 Å². The van der Waals surface area contributed by atoms with Crippen molar-refractivity contribution in [2.24, 2.45) is 0 Å². The molecule has 0 radical (unpaired) electrons. The highest BCUT2D eigenvalue weighted by Crippen LogP contribution is 2.40. The van der Waals surface area contributed by atoms with E-state index in [2.05, 4.69) is 21.0 Å². The van der Waals surface area contributed by atoms with Gasteiger partial charge in [0.05, 0.1) is 22.7 Å². The maximum Gasteiger partial charge on any atom is 0.290 e. The summed E-state index contributed by atoms with van der Waals surface area (Å²) >= 11 is 0. The van der Waals surface area contributed by atoms with Crippen LogP contribution >= 0.6 is 0 Å². The third-order valence-corrected chi connectivity index (χ3v) is 5.41. The van der Waals surface area contributed by atoms with Crippen LogP contribution in [-0.2, 0) is 5.54 Å². The number of hydrazine groups is 1. The Hall–Kier alpha value is -3.49. The minimum atomic E-state index is -0.604. The number of carbonyl (C=O) groups excluding carboxylic acids is 2. The van der Waals surface area contributed by atoms with Gasteiger partial charge in [-0.05, 0) is 59.6 Å². The van der Waals surface area contributed by atoms with Crippen LogP contribution in [-0.4, -0.2) is 31.4 Å². The second kappa shape index (κ2) is 7.89. The molecular weight excluding hydrogens is 408 g/mol. The number of amides is 2. The largest absolute Gasteiger partial charge is 0.290 e. The van der Waals surface area contributed by atoms with Crippen molar-refractivity contribution < 1.29 is 9.59 Å². The highest BCUT2D eigenvalue weighted by Gasteiger charge is 2.31. The molecule has 1 saturated carbocycles. The summed E-state index contributed by atoms with van der Waals surface area (Å²) in [4.78, 5) is 38.6. The van der Waals surface area contributed by atoms with Gasteiger partial charge >= 0.3 is 0 Å². The fraction of sp³-hybridized carbons (Fsp3) is 0.435. The normalized spacial score (nSPS) is 14.1. The summed E-state index contributed by atoms with van der Waals surface area (Å²) in [6, 6.07) is 8.37. The monoisotopic (exact) mass is 436 g/mol. The summed E-state index contributed by atoms with van der Waals surface area (Å²) in [5, 5.41) is 9.71. The summed E-state index contributed by atoms with van der Waals surface area (Å²) in [5.74, 6) is -0.672. The van der Waals surface area contributed by atoms with Crippen LogP contribution in [0.3, 0.4) is 0 Å². The fourth-order valence-corrected chi connectivity index (χ4v) is 3.61. The summed E-state index contributed by atoms with van der Waals surface area (Å²) in [6.45, 7) is 9.54. The van der Waals surface area contributed by atoms with E-state index < -0.39 is 17.4 Å². The molecule has 1 aromatic carbocycles. The number of hydrogen-bond donors (Lipinski definition) is 2. The molecule has 0 spiro atoms. The molecule has 4 rings (SSSR count). The Kier molecular flexibility index (Phi) is 5.36. The Labute approximate surface area is 185 Å². The van der Waals surface area contributed by atoms with Gasteiger partial charge in [0, 0.05) is 11.3 Å². The minimum absolute atomic E-state index is 0.0669. The van der Waals surface area contributed by atoms with Crippen LogP contribution in [0, 0.1) is 0 Å². The zero-order valence-corrected chi connectivity index (χ0v) is 19.0. The van der Waals surface area contributed by atoms with Gasteiger partial charge in [0.25, 0.3) is 17.4 Å². The van der Waals surface area contributed by atoms with Crippen LogP contribution in [0.5, 0.6) is 0 Å². The van der Waals surface area contributed by atoms with Crippen molar-refractivity contribution in [3.8, 4) is 0 Å². The van der Waals surface area contributed by atoms with Gasteiger partial charge in [-0.1, -0.05) is 18.2 Å². The second-order valence-electron chi connectivity index (χ2n) is 9.46. The predicted octanol–water partition coefficient (Wildman–Crippen LogP) is 2.88. The van der Waals surface area contributed by atoms with Gasteiger partial charge in [-0.2, -0.15) is 10.2 Å². The quantitative estimate of drug-likeness (QED) is 0.611. The van der Waals surface area contributed by atoms with Gasteiger partial charge in [0.15, 0.2) is 5.69 Å². The Bertz CT molecular complexity index is 1260. The van der Waals surface area contributed by atoms with Crippen LogP contribution in [0.2, 0.25) is 0 Å². The van der Waals surface area contributed by atoms with Crippen LogP contribution in [0.4, 0.5) is 0 Å². The average Bonchev–Trinajstić information content (AvgIpc) is 3.48. The minimum Gasteiger partial charge on any atom is -0.267 e. The number of rotatable bonds is 4. The Morgan fingerprint density at radius 3 is 2.25 bits per heavy atom. The maximum absolute atomic E-state index is 13.0. The molecule has 2 aromatic heterocycles. The zero-order valence-electron chi connectivity index (χ0n) is 19.0. The van der Waals surface area contributed by atoms with E-state index >= 15 is 0 Å². The zero-order chi connectivity index (χ0) is 23.2. The van der Waals surface area contributed by atoms with E-state index in [-0.39, 0.29) is 17.3 Å². The molecule has 2 N–H and O–H groups in total. The fourth-order valence-electron chi connectivity index (χ4n) is 3.61. The summed E-state index contributed by atoms with van der Waals surface area (Å²) in [7, 11) is 0. The van der Waals surface area contributed by atoms with Crippen LogP contribution < -0.4 is 16.4 Å². The van der Waals surface area contributed by atoms with Crippen molar-refractivity contribution >= 4 is 22.6 Å². The lowest BCUT2D eigenvalue weighted by Gasteiger charge is -2.22.